The summed E-state index contributed by atoms with van der Waals surface area (Å²) in [4.78, 5) is 21.8. The average Bonchev–Trinajstić information content (AvgIpc) is 3.20. The number of nitrogens with zero attached hydrogens (tertiary/aromatic N) is 3. The maximum absolute atomic E-state index is 13.0. The fraction of sp³-hybridized carbons (Fsp3) is 0.333. The minimum absolute atomic E-state index is 0.101. The molecule has 0 unspecified atom stereocenters. The fourth-order valence-electron chi connectivity index (χ4n) is 3.63. The van der Waals surface area contributed by atoms with E-state index >= 15 is 0 Å². The molecule has 1 aromatic heterocycles. The van der Waals surface area contributed by atoms with Gasteiger partial charge in [-0.3, -0.25) is 9.69 Å². The molecule has 5 heteroatoms. The van der Waals surface area contributed by atoms with Crippen LogP contribution in [0.2, 0.25) is 0 Å². The molecule has 0 saturated carbocycles. The molecular weight excluding hydrogens is 342 g/mol. The first kappa shape index (κ1) is 17.2. The molecule has 26 heavy (non-hydrogen) atoms. The highest BCUT2D eigenvalue weighted by Crippen LogP contribution is 2.33. The summed E-state index contributed by atoms with van der Waals surface area (Å²) in [6.45, 7) is 4.62. The number of benzene rings is 2. The zero-order valence-electron chi connectivity index (χ0n) is 15.3. The normalized spacial score (nSPS) is 17.7. The second kappa shape index (κ2) is 6.82. The van der Waals surface area contributed by atoms with Gasteiger partial charge in [0.2, 0.25) is 5.91 Å². The lowest BCUT2D eigenvalue weighted by atomic mass is 10.1. The smallest absolute Gasteiger partial charge is 0.241 e. The van der Waals surface area contributed by atoms with Gasteiger partial charge in [-0.25, -0.2) is 4.98 Å². The number of amides is 1. The van der Waals surface area contributed by atoms with Gasteiger partial charge < -0.3 is 4.90 Å². The topological polar surface area (TPSA) is 36.4 Å². The molecule has 0 spiro atoms. The van der Waals surface area contributed by atoms with E-state index in [9.17, 15) is 4.79 Å². The van der Waals surface area contributed by atoms with Crippen LogP contribution in [0, 0.1) is 0 Å². The van der Waals surface area contributed by atoms with Crippen molar-refractivity contribution in [3.8, 4) is 0 Å². The van der Waals surface area contributed by atoms with Crippen molar-refractivity contribution in [2.24, 2.45) is 0 Å². The molecule has 2 aromatic carbocycles. The van der Waals surface area contributed by atoms with Crippen molar-refractivity contribution in [1.29, 1.82) is 0 Å². The number of fused-ring (bicyclic) bond motifs is 2. The van der Waals surface area contributed by atoms with E-state index in [-0.39, 0.29) is 18.0 Å². The Hall–Kier alpha value is -2.24. The highest BCUT2D eigenvalue weighted by molar-refractivity contribution is 7.18. The molecule has 0 bridgehead atoms. The van der Waals surface area contributed by atoms with Crippen molar-refractivity contribution in [2.75, 3.05) is 18.5 Å². The van der Waals surface area contributed by atoms with E-state index in [4.69, 9.17) is 4.98 Å². The van der Waals surface area contributed by atoms with Crippen LogP contribution >= 0.6 is 11.3 Å². The molecule has 3 aromatic rings. The van der Waals surface area contributed by atoms with Crippen molar-refractivity contribution in [2.45, 2.75) is 32.4 Å². The maximum Gasteiger partial charge on any atom is 0.241 e. The zero-order valence-corrected chi connectivity index (χ0v) is 16.2. The van der Waals surface area contributed by atoms with Crippen molar-refractivity contribution >= 4 is 33.1 Å². The van der Waals surface area contributed by atoms with Crippen molar-refractivity contribution in [3.63, 3.8) is 0 Å². The Kier molecular flexibility index (Phi) is 4.51. The van der Waals surface area contributed by atoms with Gasteiger partial charge >= 0.3 is 0 Å². The Balaban J connectivity index is 1.50. The van der Waals surface area contributed by atoms with Crippen LogP contribution in [-0.4, -0.2) is 35.4 Å². The van der Waals surface area contributed by atoms with Crippen molar-refractivity contribution in [3.05, 3.63) is 59.1 Å². The van der Waals surface area contributed by atoms with E-state index in [1.807, 2.05) is 48.3 Å². The molecule has 1 amide bonds. The summed E-state index contributed by atoms with van der Waals surface area (Å²) >= 11 is 1.70. The molecule has 0 saturated heterocycles. The Bertz CT molecular complexity index is 918. The summed E-state index contributed by atoms with van der Waals surface area (Å²) in [5.41, 5.74) is 3.35. The molecule has 0 N–H and O–H groups in total. The molecule has 4 nitrogen and oxygen atoms in total. The van der Waals surface area contributed by atoms with E-state index in [0.717, 1.165) is 22.6 Å². The first-order valence-corrected chi connectivity index (χ1v) is 9.82. The van der Waals surface area contributed by atoms with Crippen LogP contribution in [0.15, 0.2) is 48.5 Å². The number of anilines is 1. The molecule has 0 fully saturated rings. The first-order chi connectivity index (χ1) is 12.5. The Morgan fingerprint density at radius 1 is 1.27 bits per heavy atom. The lowest BCUT2D eigenvalue weighted by Crippen LogP contribution is -2.42. The minimum atomic E-state index is 0.101. The van der Waals surface area contributed by atoms with Crippen molar-refractivity contribution in [1.82, 2.24) is 9.88 Å². The van der Waals surface area contributed by atoms with Crippen LogP contribution in [-0.2, 0) is 11.2 Å². The quantitative estimate of drug-likeness (QED) is 0.693. The third-order valence-electron chi connectivity index (χ3n) is 5.19. The first-order valence-electron chi connectivity index (χ1n) is 9.00. The molecule has 134 valence electrons. The minimum Gasteiger partial charge on any atom is -0.308 e. The molecule has 2 atom stereocenters. The summed E-state index contributed by atoms with van der Waals surface area (Å²) in [7, 11) is 2.00. The van der Waals surface area contributed by atoms with Gasteiger partial charge in [0.05, 0.1) is 22.8 Å². The lowest BCUT2D eigenvalue weighted by Gasteiger charge is -2.28. The number of thiazole rings is 1. The van der Waals surface area contributed by atoms with Crippen LogP contribution in [0.1, 0.15) is 30.5 Å². The number of carbonyl (C=O) groups excluding carboxylic acids is 1. The van der Waals surface area contributed by atoms with E-state index in [1.165, 1.54) is 10.3 Å². The Labute approximate surface area is 158 Å². The highest BCUT2D eigenvalue weighted by atomic mass is 32.1. The molecule has 4 rings (SSSR count). The van der Waals surface area contributed by atoms with E-state index in [0.29, 0.717) is 6.54 Å². The number of hydrogen-bond donors (Lipinski definition) is 0. The van der Waals surface area contributed by atoms with Gasteiger partial charge in [-0.2, -0.15) is 0 Å². The second-order valence-electron chi connectivity index (χ2n) is 7.06. The van der Waals surface area contributed by atoms with Crippen LogP contribution in [0.3, 0.4) is 0 Å². The molecule has 2 heterocycles. The van der Waals surface area contributed by atoms with E-state index < -0.39 is 0 Å². The van der Waals surface area contributed by atoms with Crippen molar-refractivity contribution < 1.29 is 4.79 Å². The second-order valence-corrected chi connectivity index (χ2v) is 8.12. The SMILES string of the molecule is C[C@@H]1Cc2ccccc2N1C(=O)CN(C)[C@@H](C)c1nc2ccccc2s1. The summed E-state index contributed by atoms with van der Waals surface area (Å²) in [5.74, 6) is 0.151. The van der Waals surface area contributed by atoms with Crippen LogP contribution in [0.25, 0.3) is 10.2 Å². The predicted molar refractivity (Wildman–Crippen MR) is 108 cm³/mol. The summed E-state index contributed by atoms with van der Waals surface area (Å²) in [5, 5.41) is 1.05. The van der Waals surface area contributed by atoms with Crippen LogP contribution in [0.4, 0.5) is 5.69 Å². The molecule has 0 radical (unpaired) electrons. The fourth-order valence-corrected chi connectivity index (χ4v) is 4.71. The van der Waals surface area contributed by atoms with Crippen LogP contribution in [0.5, 0.6) is 0 Å². The summed E-state index contributed by atoms with van der Waals surface area (Å²) in [6.07, 6.45) is 0.930. The number of likely N-dealkylation sites (N-methyl/N-ethyl adjacent to an activating group) is 1. The monoisotopic (exact) mass is 365 g/mol. The third kappa shape index (κ3) is 3.02. The molecule has 0 aliphatic carbocycles. The Morgan fingerprint density at radius 2 is 2.00 bits per heavy atom. The Morgan fingerprint density at radius 3 is 2.81 bits per heavy atom. The highest BCUT2D eigenvalue weighted by Gasteiger charge is 2.31. The van der Waals surface area contributed by atoms with Gasteiger partial charge in [0.1, 0.15) is 5.01 Å². The summed E-state index contributed by atoms with van der Waals surface area (Å²) < 4.78 is 1.19. The largest absolute Gasteiger partial charge is 0.308 e. The third-order valence-corrected chi connectivity index (χ3v) is 6.40. The van der Waals surface area contributed by atoms with Crippen LogP contribution < -0.4 is 4.90 Å². The van der Waals surface area contributed by atoms with Gasteiger partial charge in [-0.1, -0.05) is 30.3 Å². The number of aromatic nitrogens is 1. The molecule has 1 aliphatic rings. The van der Waals surface area contributed by atoms with Gasteiger partial charge in [0.15, 0.2) is 0 Å². The van der Waals surface area contributed by atoms with Gasteiger partial charge in [-0.15, -0.1) is 11.3 Å². The number of hydrogen-bond acceptors (Lipinski definition) is 4. The number of carbonyl (C=O) groups is 1. The predicted octanol–water partition coefficient (Wildman–Crippen LogP) is 4.27. The number of rotatable bonds is 4. The number of para-hydroxylation sites is 2. The lowest BCUT2D eigenvalue weighted by molar-refractivity contribution is -0.120. The standard InChI is InChI=1S/C21H23N3OS/c1-14-12-16-8-4-6-10-18(16)24(14)20(25)13-23(3)15(2)21-22-17-9-5-7-11-19(17)26-21/h4-11,14-15H,12-13H2,1-3H3/t14-,15+/m1/s1. The maximum atomic E-state index is 13.0. The molecule has 1 aliphatic heterocycles. The zero-order chi connectivity index (χ0) is 18.3. The van der Waals surface area contributed by atoms with Gasteiger partial charge in [0, 0.05) is 11.7 Å². The summed E-state index contributed by atoms with van der Waals surface area (Å²) in [6, 6.07) is 16.7. The van der Waals surface area contributed by atoms with Gasteiger partial charge in [-0.05, 0) is 51.1 Å². The molecular formula is C21H23N3OS. The van der Waals surface area contributed by atoms with Gasteiger partial charge in [0.25, 0.3) is 0 Å². The average molecular weight is 366 g/mol. The van der Waals surface area contributed by atoms with E-state index in [1.54, 1.807) is 11.3 Å². The van der Waals surface area contributed by atoms with E-state index in [2.05, 4.69) is 30.9 Å².